The summed E-state index contributed by atoms with van der Waals surface area (Å²) >= 11 is 0. The van der Waals surface area contributed by atoms with Gasteiger partial charge in [-0.1, -0.05) is 5.92 Å². The lowest BCUT2D eigenvalue weighted by molar-refractivity contribution is -0.130. The number of rotatable bonds is 2. The minimum absolute atomic E-state index is 0.0769. The number of carbonyl (C=O) groups is 2. The fraction of sp³-hybridized carbons (Fsp3) is 0.0909. The van der Waals surface area contributed by atoms with Crippen molar-refractivity contribution in [2.24, 2.45) is 0 Å². The number of carboxylic acids is 1. The Balaban J connectivity index is 3.30. The number of hydrogen-bond donors (Lipinski definition) is 1. The van der Waals surface area contributed by atoms with E-state index in [1.807, 2.05) is 5.92 Å². The molecule has 0 fully saturated rings. The number of methoxy groups -OCH3 is 1. The molecule has 0 aromatic heterocycles. The maximum Gasteiger partial charge on any atom is 0.382 e. The van der Waals surface area contributed by atoms with Crippen molar-refractivity contribution in [3.05, 3.63) is 29.1 Å². The van der Waals surface area contributed by atoms with E-state index in [0.29, 0.717) is 6.29 Å². The molecule has 4 nitrogen and oxygen atoms in total. The molecule has 0 radical (unpaired) electrons. The Morgan fingerprint density at radius 2 is 2.25 bits per heavy atom. The largest absolute Gasteiger partial charge is 0.495 e. The molecule has 82 valence electrons. The van der Waals surface area contributed by atoms with Gasteiger partial charge in [-0.2, -0.15) is 0 Å². The molecule has 5 heteroatoms. The lowest BCUT2D eigenvalue weighted by atomic mass is 10.1. The molecule has 0 saturated heterocycles. The zero-order valence-corrected chi connectivity index (χ0v) is 8.28. The number of hydrogen-bond acceptors (Lipinski definition) is 3. The number of ether oxygens (including phenoxy) is 1. The van der Waals surface area contributed by atoms with Crippen molar-refractivity contribution >= 4 is 12.3 Å². The summed E-state index contributed by atoms with van der Waals surface area (Å²) in [5.74, 6) is 2.10. The van der Waals surface area contributed by atoms with E-state index in [-0.39, 0.29) is 16.9 Å². The normalized spacial score (nSPS) is 8.88. The Morgan fingerprint density at radius 1 is 1.56 bits per heavy atom. The summed E-state index contributed by atoms with van der Waals surface area (Å²) < 4.78 is 18.0. The first-order valence-electron chi connectivity index (χ1n) is 4.16. The summed E-state index contributed by atoms with van der Waals surface area (Å²) in [4.78, 5) is 20.7. The Morgan fingerprint density at radius 3 is 2.75 bits per heavy atom. The SMILES string of the molecule is COc1cc(C=O)c(F)cc1C#CC(=O)O. The number of benzene rings is 1. The van der Waals surface area contributed by atoms with E-state index < -0.39 is 11.8 Å². The van der Waals surface area contributed by atoms with Crippen LogP contribution in [0.5, 0.6) is 5.75 Å². The van der Waals surface area contributed by atoms with Crippen molar-refractivity contribution in [2.45, 2.75) is 0 Å². The molecule has 0 bridgehead atoms. The van der Waals surface area contributed by atoms with Gasteiger partial charge < -0.3 is 9.84 Å². The molecular weight excluding hydrogens is 215 g/mol. The second-order valence-corrected chi connectivity index (χ2v) is 2.75. The fourth-order valence-corrected chi connectivity index (χ4v) is 1.05. The van der Waals surface area contributed by atoms with Crippen LogP contribution in [-0.2, 0) is 4.79 Å². The van der Waals surface area contributed by atoms with Crippen molar-refractivity contribution in [1.82, 2.24) is 0 Å². The number of aldehydes is 1. The van der Waals surface area contributed by atoms with Crippen LogP contribution in [0.15, 0.2) is 12.1 Å². The van der Waals surface area contributed by atoms with Crippen LogP contribution >= 0.6 is 0 Å². The van der Waals surface area contributed by atoms with Gasteiger partial charge in [-0.15, -0.1) is 0 Å². The van der Waals surface area contributed by atoms with Crippen LogP contribution in [-0.4, -0.2) is 24.5 Å². The second kappa shape index (κ2) is 4.94. The predicted molar refractivity (Wildman–Crippen MR) is 52.9 cm³/mol. The average Bonchev–Trinajstić information content (AvgIpc) is 2.26. The van der Waals surface area contributed by atoms with Crippen molar-refractivity contribution in [2.75, 3.05) is 7.11 Å². The lowest BCUT2D eigenvalue weighted by Gasteiger charge is -2.04. The van der Waals surface area contributed by atoms with Gasteiger partial charge in [0, 0.05) is 5.92 Å². The van der Waals surface area contributed by atoms with E-state index in [1.165, 1.54) is 7.11 Å². The van der Waals surface area contributed by atoms with Crippen LogP contribution < -0.4 is 4.74 Å². The minimum Gasteiger partial charge on any atom is -0.495 e. The molecule has 1 N–H and O–H groups in total. The molecule has 0 saturated carbocycles. The van der Waals surface area contributed by atoms with Crippen LogP contribution in [0, 0.1) is 17.7 Å². The summed E-state index contributed by atoms with van der Waals surface area (Å²) in [6.45, 7) is 0. The van der Waals surface area contributed by atoms with Crippen LogP contribution in [0.25, 0.3) is 0 Å². The maximum absolute atomic E-state index is 13.2. The molecule has 1 rings (SSSR count). The second-order valence-electron chi connectivity index (χ2n) is 2.75. The first kappa shape index (κ1) is 11.7. The molecule has 0 heterocycles. The van der Waals surface area contributed by atoms with Gasteiger partial charge in [0.2, 0.25) is 0 Å². The Labute approximate surface area is 90.7 Å². The molecule has 0 aliphatic heterocycles. The summed E-state index contributed by atoms with van der Waals surface area (Å²) in [6.07, 6.45) is 0.340. The Bertz CT molecular complexity index is 497. The fourth-order valence-electron chi connectivity index (χ4n) is 1.05. The molecule has 1 aromatic carbocycles. The molecule has 0 aliphatic rings. The zero-order chi connectivity index (χ0) is 12.1. The van der Waals surface area contributed by atoms with Gasteiger partial charge in [0.1, 0.15) is 11.6 Å². The monoisotopic (exact) mass is 222 g/mol. The van der Waals surface area contributed by atoms with Crippen molar-refractivity contribution < 1.29 is 23.8 Å². The molecule has 0 atom stereocenters. The van der Waals surface area contributed by atoms with Crippen LogP contribution in [0.1, 0.15) is 15.9 Å². The van der Waals surface area contributed by atoms with Gasteiger partial charge in [-0.3, -0.25) is 4.79 Å². The van der Waals surface area contributed by atoms with Gasteiger partial charge in [0.25, 0.3) is 0 Å². The van der Waals surface area contributed by atoms with E-state index in [1.54, 1.807) is 0 Å². The first-order valence-corrected chi connectivity index (χ1v) is 4.16. The van der Waals surface area contributed by atoms with Crippen LogP contribution in [0.3, 0.4) is 0 Å². The maximum atomic E-state index is 13.2. The molecule has 16 heavy (non-hydrogen) atoms. The third-order valence-corrected chi connectivity index (χ3v) is 1.75. The topological polar surface area (TPSA) is 63.6 Å². The predicted octanol–water partition coefficient (Wildman–Crippen LogP) is 1.08. The first-order chi connectivity index (χ1) is 7.58. The highest BCUT2D eigenvalue weighted by atomic mass is 19.1. The smallest absolute Gasteiger partial charge is 0.382 e. The summed E-state index contributed by atoms with van der Waals surface area (Å²) in [6, 6.07) is 2.12. The van der Waals surface area contributed by atoms with Gasteiger partial charge in [-0.05, 0) is 12.1 Å². The van der Waals surface area contributed by atoms with Gasteiger partial charge in [-0.25, -0.2) is 9.18 Å². The molecule has 0 aliphatic carbocycles. The molecular formula is C11H7FO4. The number of carboxylic acid groups (broad SMARTS) is 1. The van der Waals surface area contributed by atoms with Gasteiger partial charge >= 0.3 is 5.97 Å². The summed E-state index contributed by atoms with van der Waals surface area (Å²) in [5, 5.41) is 8.34. The van der Waals surface area contributed by atoms with Crippen LogP contribution in [0.4, 0.5) is 4.39 Å². The lowest BCUT2D eigenvalue weighted by Crippen LogP contribution is -1.95. The van der Waals surface area contributed by atoms with E-state index in [2.05, 4.69) is 5.92 Å². The highest BCUT2D eigenvalue weighted by Gasteiger charge is 2.08. The highest BCUT2D eigenvalue weighted by molar-refractivity contribution is 5.87. The third-order valence-electron chi connectivity index (χ3n) is 1.75. The van der Waals surface area contributed by atoms with Gasteiger partial charge in [0.15, 0.2) is 6.29 Å². The average molecular weight is 222 g/mol. The highest BCUT2D eigenvalue weighted by Crippen LogP contribution is 2.21. The van der Waals surface area contributed by atoms with Crippen molar-refractivity contribution in [3.8, 4) is 17.6 Å². The Hall–Kier alpha value is -2.35. The quantitative estimate of drug-likeness (QED) is 0.600. The third kappa shape index (κ3) is 2.58. The number of halogens is 1. The molecule has 0 amide bonds. The van der Waals surface area contributed by atoms with Crippen LogP contribution in [0.2, 0.25) is 0 Å². The molecule has 1 aromatic rings. The number of aliphatic carboxylic acids is 1. The summed E-state index contributed by atoms with van der Waals surface area (Å²) in [5.41, 5.74) is -0.0919. The van der Waals surface area contributed by atoms with E-state index in [9.17, 15) is 14.0 Å². The molecule has 0 unspecified atom stereocenters. The Kier molecular flexibility index (Phi) is 3.62. The van der Waals surface area contributed by atoms with E-state index in [4.69, 9.17) is 9.84 Å². The zero-order valence-electron chi connectivity index (χ0n) is 8.28. The van der Waals surface area contributed by atoms with Crippen molar-refractivity contribution in [1.29, 1.82) is 0 Å². The standard InChI is InChI=1S/C11H7FO4/c1-16-10-5-8(6-13)9(12)4-7(10)2-3-11(14)15/h4-6H,1H3,(H,14,15). The number of carbonyl (C=O) groups excluding carboxylic acids is 1. The van der Waals surface area contributed by atoms with Crippen molar-refractivity contribution in [3.63, 3.8) is 0 Å². The van der Waals surface area contributed by atoms with E-state index >= 15 is 0 Å². The minimum atomic E-state index is -1.33. The molecule has 0 spiro atoms. The van der Waals surface area contributed by atoms with Gasteiger partial charge in [0.05, 0.1) is 18.2 Å². The van der Waals surface area contributed by atoms with E-state index in [0.717, 1.165) is 12.1 Å². The summed E-state index contributed by atoms with van der Waals surface area (Å²) in [7, 11) is 1.31.